The third kappa shape index (κ3) is 4.23. The molecule has 1 aromatic heterocycles. The van der Waals surface area contributed by atoms with Gasteiger partial charge in [0.15, 0.2) is 0 Å². The first kappa shape index (κ1) is 17.0. The van der Waals surface area contributed by atoms with Gasteiger partial charge in [0.25, 0.3) is 5.91 Å². The number of aryl methyl sites for hydroxylation is 1. The molecule has 0 aliphatic carbocycles. The summed E-state index contributed by atoms with van der Waals surface area (Å²) in [6.07, 6.45) is 4.51. The minimum Gasteiger partial charge on any atom is -0.469 e. The fraction of sp³-hybridized carbons (Fsp3) is 0.643. The van der Waals surface area contributed by atoms with Crippen LogP contribution in [0.3, 0.4) is 0 Å². The maximum Gasteiger partial charge on any atom is 0.257 e. The molecule has 6 heteroatoms. The first-order valence-corrected chi connectivity index (χ1v) is 6.87. The second kappa shape index (κ2) is 8.29. The summed E-state index contributed by atoms with van der Waals surface area (Å²) in [6.45, 7) is 4.69. The zero-order chi connectivity index (χ0) is 13.7. The Bertz CT molecular complexity index is 414. The zero-order valence-electron chi connectivity index (χ0n) is 11.8. The molecule has 0 spiro atoms. The summed E-state index contributed by atoms with van der Waals surface area (Å²) < 4.78 is 10.9. The number of nitrogens with two attached hydrogens (primary N) is 1. The first-order valence-electron chi connectivity index (χ1n) is 6.87. The van der Waals surface area contributed by atoms with Gasteiger partial charge < -0.3 is 19.8 Å². The van der Waals surface area contributed by atoms with Gasteiger partial charge in [-0.25, -0.2) is 0 Å². The van der Waals surface area contributed by atoms with Crippen molar-refractivity contribution in [1.29, 1.82) is 0 Å². The molecule has 5 nitrogen and oxygen atoms in total. The van der Waals surface area contributed by atoms with Crippen LogP contribution in [-0.4, -0.2) is 43.2 Å². The lowest BCUT2D eigenvalue weighted by molar-refractivity contribution is 0.00841. The van der Waals surface area contributed by atoms with Gasteiger partial charge in [-0.1, -0.05) is 0 Å². The van der Waals surface area contributed by atoms with Crippen LogP contribution in [0.15, 0.2) is 16.7 Å². The smallest absolute Gasteiger partial charge is 0.257 e. The van der Waals surface area contributed by atoms with Crippen LogP contribution in [0.25, 0.3) is 0 Å². The third-order valence-electron chi connectivity index (χ3n) is 3.52. The maximum atomic E-state index is 12.3. The highest BCUT2D eigenvalue weighted by Gasteiger charge is 2.25. The topological polar surface area (TPSA) is 68.7 Å². The van der Waals surface area contributed by atoms with Crippen molar-refractivity contribution in [2.75, 3.05) is 26.2 Å². The van der Waals surface area contributed by atoms with Crippen molar-refractivity contribution in [3.05, 3.63) is 23.7 Å². The van der Waals surface area contributed by atoms with Crippen molar-refractivity contribution in [1.82, 2.24) is 4.90 Å². The summed E-state index contributed by atoms with van der Waals surface area (Å²) >= 11 is 0. The number of hydrogen-bond acceptors (Lipinski definition) is 4. The van der Waals surface area contributed by atoms with Gasteiger partial charge in [0.05, 0.1) is 17.9 Å². The number of ether oxygens (including phenoxy) is 1. The maximum absolute atomic E-state index is 12.3. The van der Waals surface area contributed by atoms with E-state index in [0.29, 0.717) is 17.9 Å². The van der Waals surface area contributed by atoms with E-state index in [1.165, 1.54) is 0 Å². The molecule has 1 aliphatic rings. The minimum absolute atomic E-state index is 0. The molecule has 0 unspecified atom stereocenters. The lowest BCUT2D eigenvalue weighted by Crippen LogP contribution is -2.41. The molecule has 2 heterocycles. The predicted molar refractivity (Wildman–Crippen MR) is 79.2 cm³/mol. The van der Waals surface area contributed by atoms with Crippen molar-refractivity contribution in [3.63, 3.8) is 0 Å². The average Bonchev–Trinajstić information content (AvgIpc) is 2.85. The summed E-state index contributed by atoms with van der Waals surface area (Å²) in [7, 11) is 0. The SMILES string of the molecule is Cc1occc1C(=O)N1CCC(OCCCN)CC1.Cl. The lowest BCUT2D eigenvalue weighted by atomic mass is 10.1. The van der Waals surface area contributed by atoms with Crippen molar-refractivity contribution >= 4 is 18.3 Å². The quantitative estimate of drug-likeness (QED) is 0.845. The second-order valence-electron chi connectivity index (χ2n) is 4.90. The van der Waals surface area contributed by atoms with E-state index >= 15 is 0 Å². The minimum atomic E-state index is 0. The van der Waals surface area contributed by atoms with Gasteiger partial charge in [-0.05, 0) is 38.8 Å². The van der Waals surface area contributed by atoms with Crippen LogP contribution in [-0.2, 0) is 4.74 Å². The van der Waals surface area contributed by atoms with Gasteiger partial charge in [0.1, 0.15) is 5.76 Å². The Morgan fingerprint density at radius 1 is 1.50 bits per heavy atom. The molecule has 1 aromatic rings. The highest BCUT2D eigenvalue weighted by molar-refractivity contribution is 5.95. The van der Waals surface area contributed by atoms with Crippen molar-refractivity contribution in [2.45, 2.75) is 32.3 Å². The fourth-order valence-electron chi connectivity index (χ4n) is 2.34. The van der Waals surface area contributed by atoms with Gasteiger partial charge in [-0.2, -0.15) is 0 Å². The average molecular weight is 303 g/mol. The predicted octanol–water partition coefficient (Wildman–Crippen LogP) is 1.98. The highest BCUT2D eigenvalue weighted by atomic mass is 35.5. The molecule has 0 atom stereocenters. The van der Waals surface area contributed by atoms with Crippen LogP contribution in [0, 0.1) is 6.92 Å². The summed E-state index contributed by atoms with van der Waals surface area (Å²) in [6, 6.07) is 1.74. The molecule has 0 aromatic carbocycles. The molecule has 0 bridgehead atoms. The monoisotopic (exact) mass is 302 g/mol. The summed E-state index contributed by atoms with van der Waals surface area (Å²) in [5.74, 6) is 0.748. The van der Waals surface area contributed by atoms with Gasteiger partial charge in [-0.3, -0.25) is 4.79 Å². The summed E-state index contributed by atoms with van der Waals surface area (Å²) in [5, 5.41) is 0. The number of furan rings is 1. The molecule has 1 amide bonds. The van der Waals surface area contributed by atoms with E-state index in [0.717, 1.165) is 39.0 Å². The van der Waals surface area contributed by atoms with E-state index in [1.807, 2.05) is 11.8 Å². The lowest BCUT2D eigenvalue weighted by Gasteiger charge is -2.31. The van der Waals surface area contributed by atoms with Gasteiger partial charge in [0, 0.05) is 19.7 Å². The largest absolute Gasteiger partial charge is 0.469 e. The van der Waals surface area contributed by atoms with Crippen LogP contribution in [0.1, 0.15) is 35.4 Å². The molecule has 2 rings (SSSR count). The standard InChI is InChI=1S/C14H22N2O3.ClH/c1-11-13(5-10-18-11)14(17)16-7-3-12(4-8-16)19-9-2-6-15;/h5,10,12H,2-4,6-9,15H2,1H3;1H. The number of hydrogen-bond donors (Lipinski definition) is 1. The molecule has 114 valence electrons. The van der Waals surface area contributed by atoms with E-state index in [-0.39, 0.29) is 24.4 Å². The third-order valence-corrected chi connectivity index (χ3v) is 3.52. The van der Waals surface area contributed by atoms with E-state index < -0.39 is 0 Å². The molecule has 1 saturated heterocycles. The summed E-state index contributed by atoms with van der Waals surface area (Å²) in [4.78, 5) is 14.1. The molecule has 20 heavy (non-hydrogen) atoms. The molecular weight excluding hydrogens is 280 g/mol. The Kier molecular flexibility index (Phi) is 7.05. The Morgan fingerprint density at radius 3 is 2.75 bits per heavy atom. The summed E-state index contributed by atoms with van der Waals surface area (Å²) in [5.41, 5.74) is 6.10. The number of rotatable bonds is 5. The number of piperidine rings is 1. The number of halogens is 1. The van der Waals surface area contributed by atoms with Crippen LogP contribution in [0.5, 0.6) is 0 Å². The molecule has 1 fully saturated rings. The van der Waals surface area contributed by atoms with Crippen molar-refractivity contribution in [2.24, 2.45) is 5.73 Å². The number of likely N-dealkylation sites (tertiary alicyclic amines) is 1. The van der Waals surface area contributed by atoms with E-state index in [1.54, 1.807) is 12.3 Å². The number of carbonyl (C=O) groups is 1. The fourth-order valence-corrected chi connectivity index (χ4v) is 2.34. The van der Waals surface area contributed by atoms with Crippen LogP contribution in [0.4, 0.5) is 0 Å². The molecule has 1 aliphatic heterocycles. The van der Waals surface area contributed by atoms with E-state index in [9.17, 15) is 4.79 Å². The van der Waals surface area contributed by atoms with Gasteiger partial charge in [0.2, 0.25) is 0 Å². The Morgan fingerprint density at radius 2 is 2.20 bits per heavy atom. The zero-order valence-corrected chi connectivity index (χ0v) is 12.7. The van der Waals surface area contributed by atoms with Crippen LogP contribution in [0.2, 0.25) is 0 Å². The second-order valence-corrected chi connectivity index (χ2v) is 4.90. The first-order chi connectivity index (χ1) is 9.22. The molecule has 2 N–H and O–H groups in total. The Labute approximate surface area is 125 Å². The van der Waals surface area contributed by atoms with E-state index in [2.05, 4.69) is 0 Å². The Balaban J connectivity index is 0.00000200. The Hall–Kier alpha value is -1.04. The number of nitrogens with zero attached hydrogens (tertiary/aromatic N) is 1. The molecule has 0 radical (unpaired) electrons. The van der Waals surface area contributed by atoms with Crippen LogP contribution >= 0.6 is 12.4 Å². The van der Waals surface area contributed by atoms with Crippen LogP contribution < -0.4 is 5.73 Å². The van der Waals surface area contributed by atoms with Crippen molar-refractivity contribution < 1.29 is 13.9 Å². The van der Waals surface area contributed by atoms with Crippen molar-refractivity contribution in [3.8, 4) is 0 Å². The van der Waals surface area contributed by atoms with Gasteiger partial charge in [-0.15, -0.1) is 12.4 Å². The van der Waals surface area contributed by atoms with Gasteiger partial charge >= 0.3 is 0 Å². The number of carbonyl (C=O) groups excluding carboxylic acids is 1. The number of amides is 1. The normalized spacial score (nSPS) is 16.0. The highest BCUT2D eigenvalue weighted by Crippen LogP contribution is 2.18. The molecule has 0 saturated carbocycles. The molecular formula is C14H23ClN2O3. The van der Waals surface area contributed by atoms with E-state index in [4.69, 9.17) is 14.9 Å².